The Morgan fingerprint density at radius 3 is 2.40 bits per heavy atom. The number of rotatable bonds is 9. The quantitative estimate of drug-likeness (QED) is 0.412. The van der Waals surface area contributed by atoms with Crippen molar-refractivity contribution in [1.82, 2.24) is 0 Å². The highest BCUT2D eigenvalue weighted by Crippen LogP contribution is 2.41. The van der Waals surface area contributed by atoms with Crippen LogP contribution in [-0.4, -0.2) is 40.1 Å². The predicted octanol–water partition coefficient (Wildman–Crippen LogP) is 5.00. The number of ether oxygens (including phenoxy) is 3. The Kier molecular flexibility index (Phi) is 7.08. The van der Waals surface area contributed by atoms with Crippen molar-refractivity contribution in [3.05, 3.63) is 56.0 Å². The normalized spacial score (nSPS) is 12.3. The van der Waals surface area contributed by atoms with E-state index in [9.17, 15) is 0 Å². The predicted molar refractivity (Wildman–Crippen MR) is 107 cm³/mol. The van der Waals surface area contributed by atoms with E-state index in [-0.39, 0.29) is 0 Å². The van der Waals surface area contributed by atoms with Gasteiger partial charge >= 0.3 is 0 Å². The van der Waals surface area contributed by atoms with Gasteiger partial charge in [-0.1, -0.05) is 44.0 Å². The second-order valence-corrected chi connectivity index (χ2v) is 7.77. The third kappa shape index (κ3) is 4.72. The number of benzene rings is 2. The van der Waals surface area contributed by atoms with Gasteiger partial charge in [0, 0.05) is 16.1 Å². The summed E-state index contributed by atoms with van der Waals surface area (Å²) in [5.74, 6) is 0. The molecule has 0 unspecified atom stereocenters. The van der Waals surface area contributed by atoms with Crippen molar-refractivity contribution < 1.29 is 14.2 Å². The highest BCUT2D eigenvalue weighted by atomic mass is 79.9. The van der Waals surface area contributed by atoms with Crippen molar-refractivity contribution in [3.8, 4) is 11.1 Å². The van der Waals surface area contributed by atoms with Crippen LogP contribution >= 0.6 is 31.9 Å². The Labute approximate surface area is 165 Å². The third-order valence-electron chi connectivity index (χ3n) is 4.40. The largest absolute Gasteiger partial charge is 0.382 e. The molecule has 1 aliphatic carbocycles. The molecule has 0 radical (unpaired) electrons. The van der Waals surface area contributed by atoms with Gasteiger partial charge in [0.1, 0.15) is 0 Å². The fraction of sp³-hybridized carbons (Fsp3) is 0.400. The van der Waals surface area contributed by atoms with Crippen molar-refractivity contribution in [1.29, 1.82) is 0 Å². The summed E-state index contributed by atoms with van der Waals surface area (Å²) in [6.45, 7) is 3.16. The maximum atomic E-state index is 5.73. The van der Waals surface area contributed by atoms with Crippen LogP contribution in [0, 0.1) is 0 Å². The number of hydrogen-bond acceptors (Lipinski definition) is 3. The molecule has 134 valence electrons. The summed E-state index contributed by atoms with van der Waals surface area (Å²) < 4.78 is 18.4. The zero-order valence-corrected chi connectivity index (χ0v) is 17.5. The molecule has 1 aliphatic rings. The van der Waals surface area contributed by atoms with E-state index in [0.717, 1.165) is 21.8 Å². The van der Waals surface area contributed by atoms with Crippen molar-refractivity contribution >= 4 is 31.9 Å². The first-order valence-corrected chi connectivity index (χ1v) is 10.0. The van der Waals surface area contributed by atoms with E-state index < -0.39 is 0 Å². The van der Waals surface area contributed by atoms with Gasteiger partial charge in [0.15, 0.2) is 0 Å². The Hall–Kier alpha value is -0.720. The van der Waals surface area contributed by atoms with Gasteiger partial charge in [0.05, 0.1) is 33.0 Å². The average molecular weight is 470 g/mol. The molecule has 0 saturated carbocycles. The van der Waals surface area contributed by atoms with Crippen LogP contribution in [0.3, 0.4) is 0 Å². The Bertz CT molecular complexity index is 731. The second kappa shape index (κ2) is 9.28. The van der Waals surface area contributed by atoms with Crippen LogP contribution in [0.25, 0.3) is 11.1 Å². The lowest BCUT2D eigenvalue weighted by Gasteiger charge is -2.12. The van der Waals surface area contributed by atoms with Crippen LogP contribution in [0.15, 0.2) is 39.3 Å². The highest BCUT2D eigenvalue weighted by Gasteiger charge is 2.22. The molecule has 3 rings (SSSR count). The molecule has 0 bridgehead atoms. The smallest absolute Gasteiger partial charge is 0.0701 e. The lowest BCUT2D eigenvalue weighted by Crippen LogP contribution is -2.10. The monoisotopic (exact) mass is 468 g/mol. The topological polar surface area (TPSA) is 27.7 Å². The van der Waals surface area contributed by atoms with Crippen molar-refractivity contribution in [2.45, 2.75) is 12.8 Å². The van der Waals surface area contributed by atoms with Crippen LogP contribution in [0.4, 0.5) is 0 Å². The summed E-state index contributed by atoms with van der Waals surface area (Å²) in [6, 6.07) is 10.9. The van der Waals surface area contributed by atoms with Gasteiger partial charge in [0.2, 0.25) is 0 Å². The van der Waals surface area contributed by atoms with E-state index in [1.807, 2.05) is 0 Å². The summed E-state index contributed by atoms with van der Waals surface area (Å²) in [5.41, 5.74) is 6.85. The third-order valence-corrected chi connectivity index (χ3v) is 5.64. The van der Waals surface area contributed by atoms with Crippen LogP contribution in [0.5, 0.6) is 0 Å². The summed E-state index contributed by atoms with van der Waals surface area (Å²) in [5, 5.41) is 0. The first kappa shape index (κ1) is 19.1. The molecule has 0 aromatic heterocycles. The van der Waals surface area contributed by atoms with Gasteiger partial charge in [-0.2, -0.15) is 0 Å². The fourth-order valence-corrected chi connectivity index (χ4v) is 4.17. The molecule has 5 heteroatoms. The van der Waals surface area contributed by atoms with Gasteiger partial charge in [0.25, 0.3) is 0 Å². The van der Waals surface area contributed by atoms with Crippen molar-refractivity contribution in [2.75, 3.05) is 40.1 Å². The van der Waals surface area contributed by atoms with E-state index in [2.05, 4.69) is 62.2 Å². The van der Waals surface area contributed by atoms with Crippen molar-refractivity contribution in [2.24, 2.45) is 0 Å². The second-order valence-electron chi connectivity index (χ2n) is 6.00. The summed E-state index contributed by atoms with van der Waals surface area (Å²) in [4.78, 5) is 0. The molecule has 0 aliphatic heterocycles. The molecule has 0 atom stereocenters. The highest BCUT2D eigenvalue weighted by molar-refractivity contribution is 9.10. The molecule has 25 heavy (non-hydrogen) atoms. The molecule has 0 heterocycles. The molecule has 0 amide bonds. The fourth-order valence-electron chi connectivity index (χ4n) is 3.19. The first-order chi connectivity index (χ1) is 12.2. The number of hydrogen-bond donors (Lipinski definition) is 0. The SMILES string of the molecule is COCCOCCOCCc1c(Br)ccc2c1Cc1cc(Br)ccc1-2. The minimum Gasteiger partial charge on any atom is -0.382 e. The molecule has 0 fully saturated rings. The maximum Gasteiger partial charge on any atom is 0.0701 e. The molecular weight excluding hydrogens is 448 g/mol. The molecule has 0 N–H and O–H groups in total. The number of fused-ring (bicyclic) bond motifs is 3. The molecule has 0 saturated heterocycles. The molecule has 0 spiro atoms. The van der Waals surface area contributed by atoms with Crippen molar-refractivity contribution in [3.63, 3.8) is 0 Å². The van der Waals surface area contributed by atoms with E-state index in [1.54, 1.807) is 7.11 Å². The van der Waals surface area contributed by atoms with Gasteiger partial charge in [-0.25, -0.2) is 0 Å². The van der Waals surface area contributed by atoms with E-state index >= 15 is 0 Å². The first-order valence-electron chi connectivity index (χ1n) is 8.44. The van der Waals surface area contributed by atoms with E-state index in [0.29, 0.717) is 33.0 Å². The van der Waals surface area contributed by atoms with Gasteiger partial charge in [-0.15, -0.1) is 0 Å². The standard InChI is InChI=1S/C20H22Br2O3/c1-23-8-9-25-11-10-24-7-6-18-19-13-14-12-15(21)2-3-16(14)17(19)4-5-20(18)22/h2-5,12H,6-11,13H2,1H3. The lowest BCUT2D eigenvalue weighted by molar-refractivity contribution is 0.0255. The maximum absolute atomic E-state index is 5.73. The lowest BCUT2D eigenvalue weighted by atomic mass is 9.99. The summed E-state index contributed by atoms with van der Waals surface area (Å²) in [7, 11) is 1.67. The Morgan fingerprint density at radius 2 is 1.60 bits per heavy atom. The summed E-state index contributed by atoms with van der Waals surface area (Å²) in [6.07, 6.45) is 1.88. The zero-order valence-electron chi connectivity index (χ0n) is 14.3. The minimum atomic E-state index is 0.608. The summed E-state index contributed by atoms with van der Waals surface area (Å²) >= 11 is 7.29. The van der Waals surface area contributed by atoms with Crippen LogP contribution in [0.2, 0.25) is 0 Å². The van der Waals surface area contributed by atoms with Crippen LogP contribution in [0.1, 0.15) is 16.7 Å². The molecule has 3 nitrogen and oxygen atoms in total. The van der Waals surface area contributed by atoms with E-state index in [4.69, 9.17) is 14.2 Å². The van der Waals surface area contributed by atoms with Gasteiger partial charge in [-0.3, -0.25) is 0 Å². The van der Waals surface area contributed by atoms with E-state index in [1.165, 1.54) is 27.8 Å². The Morgan fingerprint density at radius 1 is 0.880 bits per heavy atom. The molecular formula is C20H22Br2O3. The average Bonchev–Trinajstić information content (AvgIpc) is 2.96. The molecule has 2 aromatic carbocycles. The zero-order chi connectivity index (χ0) is 17.6. The minimum absolute atomic E-state index is 0.608. The van der Waals surface area contributed by atoms with Gasteiger partial charge < -0.3 is 14.2 Å². The number of halogens is 2. The number of methoxy groups -OCH3 is 1. The molecule has 2 aromatic rings. The Balaban J connectivity index is 1.59. The van der Waals surface area contributed by atoms with Crippen LogP contribution in [-0.2, 0) is 27.1 Å². The van der Waals surface area contributed by atoms with Gasteiger partial charge in [-0.05, 0) is 58.9 Å². The van der Waals surface area contributed by atoms with Crippen LogP contribution < -0.4 is 0 Å².